The molecule has 86 valence electrons. The maximum atomic E-state index is 4.51. The maximum absolute atomic E-state index is 4.51. The normalized spacial score (nSPS) is 24.0. The molecule has 0 saturated heterocycles. The van der Waals surface area contributed by atoms with Crippen LogP contribution in [0.25, 0.3) is 0 Å². The summed E-state index contributed by atoms with van der Waals surface area (Å²) in [6.45, 7) is 3.13. The minimum Gasteiger partial charge on any atom is -0.354 e. The molecule has 1 saturated carbocycles. The Kier molecular flexibility index (Phi) is 2.87. The highest BCUT2D eigenvalue weighted by Crippen LogP contribution is 2.39. The quantitative estimate of drug-likeness (QED) is 0.730. The van der Waals surface area contributed by atoms with Crippen LogP contribution in [0.15, 0.2) is 4.99 Å². The minimum atomic E-state index is 0.404. The third-order valence-electron chi connectivity index (χ3n) is 3.63. The van der Waals surface area contributed by atoms with Gasteiger partial charge in [-0.1, -0.05) is 0 Å². The van der Waals surface area contributed by atoms with Gasteiger partial charge in [0.15, 0.2) is 5.96 Å². The van der Waals surface area contributed by atoms with E-state index in [0.717, 1.165) is 25.6 Å². The second kappa shape index (κ2) is 4.00. The van der Waals surface area contributed by atoms with Gasteiger partial charge in [-0.05, 0) is 33.4 Å². The fourth-order valence-electron chi connectivity index (χ4n) is 2.08. The molecule has 1 N–H and O–H groups in total. The van der Waals surface area contributed by atoms with Gasteiger partial charge in [-0.15, -0.1) is 0 Å². The van der Waals surface area contributed by atoms with Crippen molar-refractivity contribution in [2.24, 2.45) is 4.99 Å². The van der Waals surface area contributed by atoms with Gasteiger partial charge in [0.05, 0.1) is 0 Å². The summed E-state index contributed by atoms with van der Waals surface area (Å²) in [5.41, 5.74) is 0.404. The van der Waals surface area contributed by atoms with E-state index in [4.69, 9.17) is 0 Å². The highest BCUT2D eigenvalue weighted by molar-refractivity contribution is 5.80. The zero-order valence-corrected chi connectivity index (χ0v) is 10.1. The molecule has 0 aromatic carbocycles. The third kappa shape index (κ3) is 2.25. The molecule has 1 aliphatic heterocycles. The largest absolute Gasteiger partial charge is 0.354 e. The van der Waals surface area contributed by atoms with Crippen LogP contribution in [0.4, 0.5) is 0 Å². The van der Waals surface area contributed by atoms with Crippen LogP contribution in [0.2, 0.25) is 0 Å². The molecule has 0 spiro atoms. The molecule has 0 radical (unpaired) electrons. The van der Waals surface area contributed by atoms with Crippen molar-refractivity contribution in [3.63, 3.8) is 0 Å². The lowest BCUT2D eigenvalue weighted by atomic mass is 10.2. The van der Waals surface area contributed by atoms with Gasteiger partial charge in [0.2, 0.25) is 0 Å². The van der Waals surface area contributed by atoms with Gasteiger partial charge in [-0.3, -0.25) is 4.99 Å². The molecule has 0 unspecified atom stereocenters. The molecule has 0 atom stereocenters. The Morgan fingerprint density at radius 1 is 1.47 bits per heavy atom. The lowest BCUT2D eigenvalue weighted by Crippen LogP contribution is -2.48. The number of rotatable bonds is 3. The SMILES string of the molecule is CN1CCCN=C1NCC1(N(C)C)CC1. The smallest absolute Gasteiger partial charge is 0.193 e. The van der Waals surface area contributed by atoms with Gasteiger partial charge in [-0.2, -0.15) is 0 Å². The Morgan fingerprint density at radius 2 is 2.20 bits per heavy atom. The predicted molar refractivity (Wildman–Crippen MR) is 63.2 cm³/mol. The molecule has 2 rings (SSSR count). The molecule has 4 nitrogen and oxygen atoms in total. The van der Waals surface area contributed by atoms with Crippen molar-refractivity contribution in [3.05, 3.63) is 0 Å². The monoisotopic (exact) mass is 210 g/mol. The van der Waals surface area contributed by atoms with E-state index < -0.39 is 0 Å². The Bertz CT molecular complexity index is 255. The van der Waals surface area contributed by atoms with E-state index in [1.165, 1.54) is 19.3 Å². The lowest BCUT2D eigenvalue weighted by Gasteiger charge is -2.29. The molecular formula is C11H22N4. The van der Waals surface area contributed by atoms with E-state index in [1.807, 2.05) is 0 Å². The number of nitrogens with one attached hydrogen (secondary N) is 1. The summed E-state index contributed by atoms with van der Waals surface area (Å²) in [6, 6.07) is 0. The van der Waals surface area contributed by atoms with Crippen molar-refractivity contribution < 1.29 is 0 Å². The van der Waals surface area contributed by atoms with E-state index in [1.54, 1.807) is 0 Å². The molecule has 0 amide bonds. The van der Waals surface area contributed by atoms with Crippen molar-refractivity contribution in [2.45, 2.75) is 24.8 Å². The van der Waals surface area contributed by atoms with Gasteiger partial charge in [0.25, 0.3) is 0 Å². The topological polar surface area (TPSA) is 30.9 Å². The number of likely N-dealkylation sites (N-methyl/N-ethyl adjacent to an activating group) is 1. The molecule has 2 aliphatic rings. The van der Waals surface area contributed by atoms with E-state index in [-0.39, 0.29) is 0 Å². The predicted octanol–water partition coefficient (Wildman–Crippen LogP) is 0.362. The van der Waals surface area contributed by atoms with Crippen LogP contribution in [0, 0.1) is 0 Å². The summed E-state index contributed by atoms with van der Waals surface area (Å²) in [5.74, 6) is 1.08. The third-order valence-corrected chi connectivity index (χ3v) is 3.63. The van der Waals surface area contributed by atoms with Crippen LogP contribution < -0.4 is 5.32 Å². The van der Waals surface area contributed by atoms with Crippen molar-refractivity contribution in [1.82, 2.24) is 15.1 Å². The van der Waals surface area contributed by atoms with Crippen LogP contribution in [-0.2, 0) is 0 Å². The number of nitrogens with zero attached hydrogens (tertiary/aromatic N) is 3. The van der Waals surface area contributed by atoms with Crippen molar-refractivity contribution >= 4 is 5.96 Å². The average Bonchev–Trinajstić information content (AvgIpc) is 2.98. The molecule has 1 fully saturated rings. The van der Waals surface area contributed by atoms with E-state index in [9.17, 15) is 0 Å². The van der Waals surface area contributed by atoms with Crippen molar-refractivity contribution in [3.8, 4) is 0 Å². The average molecular weight is 210 g/mol. The first-order valence-corrected chi connectivity index (χ1v) is 5.81. The number of hydrogen-bond donors (Lipinski definition) is 1. The second-order valence-electron chi connectivity index (χ2n) is 4.95. The van der Waals surface area contributed by atoms with Gasteiger partial charge in [-0.25, -0.2) is 0 Å². The summed E-state index contributed by atoms with van der Waals surface area (Å²) in [7, 11) is 6.45. The summed E-state index contributed by atoms with van der Waals surface area (Å²) < 4.78 is 0. The molecule has 4 heteroatoms. The second-order valence-corrected chi connectivity index (χ2v) is 4.95. The minimum absolute atomic E-state index is 0.404. The Balaban J connectivity index is 1.85. The van der Waals surface area contributed by atoms with Crippen molar-refractivity contribution in [1.29, 1.82) is 0 Å². The van der Waals surface area contributed by atoms with Gasteiger partial charge in [0.1, 0.15) is 0 Å². The summed E-state index contributed by atoms with van der Waals surface area (Å²) in [6.07, 6.45) is 3.80. The zero-order chi connectivity index (χ0) is 10.9. The van der Waals surface area contributed by atoms with E-state index in [2.05, 4.69) is 41.3 Å². The van der Waals surface area contributed by atoms with Gasteiger partial charge < -0.3 is 15.1 Å². The first kappa shape index (κ1) is 10.7. The summed E-state index contributed by atoms with van der Waals surface area (Å²) in [4.78, 5) is 9.07. The standard InChI is InChI=1S/C11H22N4/c1-14(2)11(5-6-11)9-13-10-12-7-4-8-15(10)3/h4-9H2,1-3H3,(H,12,13). The Labute approximate surface area is 92.3 Å². The summed E-state index contributed by atoms with van der Waals surface area (Å²) in [5, 5.41) is 3.49. The van der Waals surface area contributed by atoms with Crippen molar-refractivity contribution in [2.75, 3.05) is 40.8 Å². The number of aliphatic imine (C=N–C) groups is 1. The van der Waals surface area contributed by atoms with E-state index >= 15 is 0 Å². The maximum Gasteiger partial charge on any atom is 0.193 e. The van der Waals surface area contributed by atoms with Gasteiger partial charge in [0, 0.05) is 32.2 Å². The number of guanidine groups is 1. The highest BCUT2D eigenvalue weighted by Gasteiger charge is 2.44. The molecule has 1 aliphatic carbocycles. The summed E-state index contributed by atoms with van der Waals surface area (Å²) >= 11 is 0. The molecule has 1 heterocycles. The Hall–Kier alpha value is -0.770. The number of hydrogen-bond acceptors (Lipinski definition) is 4. The Morgan fingerprint density at radius 3 is 2.73 bits per heavy atom. The van der Waals surface area contributed by atoms with Crippen LogP contribution in [0.5, 0.6) is 0 Å². The zero-order valence-electron chi connectivity index (χ0n) is 10.1. The lowest BCUT2D eigenvalue weighted by molar-refractivity contribution is 0.268. The van der Waals surface area contributed by atoms with Gasteiger partial charge >= 0.3 is 0 Å². The highest BCUT2D eigenvalue weighted by atomic mass is 15.3. The molecule has 15 heavy (non-hydrogen) atoms. The first-order chi connectivity index (χ1) is 7.14. The van der Waals surface area contributed by atoms with Crippen LogP contribution in [-0.4, -0.2) is 62.1 Å². The van der Waals surface area contributed by atoms with E-state index in [0.29, 0.717) is 5.54 Å². The molecular weight excluding hydrogens is 188 g/mol. The molecule has 0 aromatic rings. The molecule has 0 aromatic heterocycles. The van der Waals surface area contributed by atoms with Crippen LogP contribution >= 0.6 is 0 Å². The van der Waals surface area contributed by atoms with Crippen LogP contribution in [0.3, 0.4) is 0 Å². The fourth-order valence-corrected chi connectivity index (χ4v) is 2.08. The first-order valence-electron chi connectivity index (χ1n) is 5.81. The van der Waals surface area contributed by atoms with Crippen LogP contribution in [0.1, 0.15) is 19.3 Å². The molecule has 0 bridgehead atoms. The fraction of sp³-hybridized carbons (Fsp3) is 0.909.